The van der Waals surface area contributed by atoms with E-state index < -0.39 is 0 Å². The first kappa shape index (κ1) is 20.7. The largest absolute Gasteiger partial charge is 0.489 e. The van der Waals surface area contributed by atoms with Crippen LogP contribution >= 0.6 is 23.2 Å². The standard InChI is InChI=1S/C24H23Cl2N3O/c25-19-11-12-23(30-16-17-6-1-2-7-20(17)26)18(14-19)15-27-13-5-10-24-28-21-8-3-4-9-22(21)29-24/h1-4,6-9,11-12,14,27H,5,10,13,15-16H2,(H,28,29). The smallest absolute Gasteiger partial charge is 0.124 e. The molecular formula is C24H23Cl2N3O. The highest BCUT2D eigenvalue weighted by Gasteiger charge is 2.07. The highest BCUT2D eigenvalue weighted by Crippen LogP contribution is 2.25. The Morgan fingerprint density at radius 3 is 2.63 bits per heavy atom. The third-order valence-electron chi connectivity index (χ3n) is 4.88. The monoisotopic (exact) mass is 439 g/mol. The summed E-state index contributed by atoms with van der Waals surface area (Å²) in [7, 11) is 0. The predicted octanol–water partition coefficient (Wildman–Crippen LogP) is 6.17. The van der Waals surface area contributed by atoms with Crippen molar-refractivity contribution in [3.63, 3.8) is 0 Å². The quantitative estimate of drug-likeness (QED) is 0.306. The Hall–Kier alpha value is -2.53. The lowest BCUT2D eigenvalue weighted by Gasteiger charge is -2.13. The molecule has 0 unspecified atom stereocenters. The summed E-state index contributed by atoms with van der Waals surface area (Å²) in [5.74, 6) is 1.83. The molecule has 0 radical (unpaired) electrons. The number of nitrogens with zero attached hydrogens (tertiary/aromatic N) is 1. The van der Waals surface area contributed by atoms with Gasteiger partial charge in [-0.3, -0.25) is 0 Å². The first-order valence-electron chi connectivity index (χ1n) is 9.98. The number of aryl methyl sites for hydroxylation is 1. The molecule has 0 atom stereocenters. The molecule has 0 fully saturated rings. The Morgan fingerprint density at radius 1 is 0.933 bits per heavy atom. The molecule has 0 bridgehead atoms. The fraction of sp³-hybridized carbons (Fsp3) is 0.208. The number of nitrogens with one attached hydrogen (secondary N) is 2. The van der Waals surface area contributed by atoms with E-state index in [0.717, 1.165) is 53.1 Å². The van der Waals surface area contributed by atoms with Crippen molar-refractivity contribution in [1.29, 1.82) is 0 Å². The second kappa shape index (κ2) is 9.98. The summed E-state index contributed by atoms with van der Waals surface area (Å²) in [4.78, 5) is 7.99. The Bertz CT molecular complexity index is 1090. The van der Waals surface area contributed by atoms with Crippen molar-refractivity contribution in [2.45, 2.75) is 26.0 Å². The Labute approximate surface area is 186 Å². The van der Waals surface area contributed by atoms with E-state index >= 15 is 0 Å². The van der Waals surface area contributed by atoms with E-state index in [1.54, 1.807) is 0 Å². The lowest BCUT2D eigenvalue weighted by Crippen LogP contribution is -2.16. The highest BCUT2D eigenvalue weighted by molar-refractivity contribution is 6.31. The summed E-state index contributed by atoms with van der Waals surface area (Å²) >= 11 is 12.4. The van der Waals surface area contributed by atoms with Gasteiger partial charge in [0, 0.05) is 34.1 Å². The fourth-order valence-corrected chi connectivity index (χ4v) is 3.71. The molecule has 0 spiro atoms. The maximum atomic E-state index is 6.23. The summed E-state index contributed by atoms with van der Waals surface area (Å²) in [6, 6.07) is 21.5. The van der Waals surface area contributed by atoms with Gasteiger partial charge in [0.2, 0.25) is 0 Å². The zero-order chi connectivity index (χ0) is 20.8. The average molecular weight is 440 g/mol. The van der Waals surface area contributed by atoms with E-state index in [2.05, 4.69) is 15.3 Å². The third-order valence-corrected chi connectivity index (χ3v) is 5.49. The van der Waals surface area contributed by atoms with Crippen LogP contribution in [0.2, 0.25) is 10.0 Å². The van der Waals surface area contributed by atoms with Gasteiger partial charge in [0.15, 0.2) is 0 Å². The van der Waals surface area contributed by atoms with Gasteiger partial charge in [-0.25, -0.2) is 4.98 Å². The number of halogens is 2. The van der Waals surface area contributed by atoms with Crippen molar-refractivity contribution >= 4 is 34.2 Å². The number of imidazole rings is 1. The molecule has 6 heteroatoms. The van der Waals surface area contributed by atoms with Crippen LogP contribution in [0.4, 0.5) is 0 Å². The summed E-state index contributed by atoms with van der Waals surface area (Å²) in [5, 5.41) is 4.88. The lowest BCUT2D eigenvalue weighted by molar-refractivity contribution is 0.302. The van der Waals surface area contributed by atoms with E-state index in [1.807, 2.05) is 66.7 Å². The van der Waals surface area contributed by atoms with Gasteiger partial charge < -0.3 is 15.0 Å². The second-order valence-electron chi connectivity index (χ2n) is 7.11. The lowest BCUT2D eigenvalue weighted by atomic mass is 10.2. The molecule has 0 saturated heterocycles. The van der Waals surface area contributed by atoms with Crippen LogP contribution in [0.25, 0.3) is 11.0 Å². The van der Waals surface area contributed by atoms with Crippen LogP contribution in [-0.4, -0.2) is 16.5 Å². The summed E-state index contributed by atoms with van der Waals surface area (Å²) in [6.45, 7) is 1.96. The number of aromatic amines is 1. The maximum Gasteiger partial charge on any atom is 0.124 e. The van der Waals surface area contributed by atoms with Gasteiger partial charge >= 0.3 is 0 Å². The maximum absolute atomic E-state index is 6.23. The van der Waals surface area contributed by atoms with Crippen molar-refractivity contribution in [3.8, 4) is 5.75 Å². The van der Waals surface area contributed by atoms with Crippen molar-refractivity contribution in [2.24, 2.45) is 0 Å². The number of hydrogen-bond acceptors (Lipinski definition) is 3. The number of H-pyrrole nitrogens is 1. The van der Waals surface area contributed by atoms with Gasteiger partial charge in [-0.2, -0.15) is 0 Å². The first-order valence-corrected chi connectivity index (χ1v) is 10.7. The molecular weight excluding hydrogens is 417 g/mol. The van der Waals surface area contributed by atoms with E-state index in [-0.39, 0.29) is 0 Å². The van der Waals surface area contributed by atoms with Crippen molar-refractivity contribution in [1.82, 2.24) is 15.3 Å². The number of aromatic nitrogens is 2. The van der Waals surface area contributed by atoms with Gasteiger partial charge in [-0.05, 0) is 49.4 Å². The molecule has 4 nitrogen and oxygen atoms in total. The molecule has 3 aromatic carbocycles. The first-order chi connectivity index (χ1) is 14.7. The molecule has 4 aromatic rings. The Morgan fingerprint density at radius 2 is 1.77 bits per heavy atom. The fourth-order valence-electron chi connectivity index (χ4n) is 3.33. The van der Waals surface area contributed by atoms with Gasteiger partial charge in [0.25, 0.3) is 0 Å². The van der Waals surface area contributed by atoms with Crippen LogP contribution < -0.4 is 10.1 Å². The average Bonchev–Trinajstić information content (AvgIpc) is 3.17. The molecule has 1 aromatic heterocycles. The number of fused-ring (bicyclic) bond motifs is 1. The van der Waals surface area contributed by atoms with Crippen molar-refractivity contribution < 1.29 is 4.74 Å². The topological polar surface area (TPSA) is 49.9 Å². The van der Waals surface area contributed by atoms with E-state index in [0.29, 0.717) is 23.2 Å². The molecule has 0 aliphatic rings. The third kappa shape index (κ3) is 5.33. The van der Waals surface area contributed by atoms with Crippen molar-refractivity contribution in [2.75, 3.05) is 6.54 Å². The number of ether oxygens (including phenoxy) is 1. The van der Waals surface area contributed by atoms with E-state index in [1.165, 1.54) is 0 Å². The molecule has 4 rings (SSSR count). The van der Waals surface area contributed by atoms with Gasteiger partial charge in [0.1, 0.15) is 18.2 Å². The van der Waals surface area contributed by atoms with Crippen LogP contribution in [0.5, 0.6) is 5.75 Å². The SMILES string of the molecule is Clc1ccc(OCc2ccccc2Cl)c(CNCCCc2nc3ccccc3[nH]2)c1. The van der Waals surface area contributed by atoms with Gasteiger partial charge in [-0.1, -0.05) is 53.5 Å². The number of benzene rings is 3. The number of hydrogen-bond donors (Lipinski definition) is 2. The van der Waals surface area contributed by atoms with Crippen molar-refractivity contribution in [3.05, 3.63) is 93.7 Å². The predicted molar refractivity (Wildman–Crippen MR) is 123 cm³/mol. The molecule has 0 aliphatic heterocycles. The minimum atomic E-state index is 0.417. The molecule has 154 valence electrons. The summed E-state index contributed by atoms with van der Waals surface area (Å²) in [5.41, 5.74) is 4.08. The molecule has 0 aliphatic carbocycles. The van der Waals surface area contributed by atoms with Crippen LogP contribution in [0, 0.1) is 0 Å². The number of para-hydroxylation sites is 2. The number of rotatable bonds is 9. The minimum Gasteiger partial charge on any atom is -0.489 e. The molecule has 0 saturated carbocycles. The zero-order valence-electron chi connectivity index (χ0n) is 16.5. The Kier molecular flexibility index (Phi) is 6.90. The van der Waals surface area contributed by atoms with Gasteiger partial charge in [-0.15, -0.1) is 0 Å². The minimum absolute atomic E-state index is 0.417. The van der Waals surface area contributed by atoms with Crippen LogP contribution in [0.15, 0.2) is 66.7 Å². The van der Waals surface area contributed by atoms with E-state index in [4.69, 9.17) is 27.9 Å². The zero-order valence-corrected chi connectivity index (χ0v) is 18.0. The van der Waals surface area contributed by atoms with Gasteiger partial charge in [0.05, 0.1) is 11.0 Å². The van der Waals surface area contributed by atoms with E-state index in [9.17, 15) is 0 Å². The summed E-state index contributed by atoms with van der Waals surface area (Å²) in [6.07, 6.45) is 1.88. The normalized spacial score (nSPS) is 11.1. The molecule has 2 N–H and O–H groups in total. The van der Waals surface area contributed by atoms with Crippen LogP contribution in [0.3, 0.4) is 0 Å². The van der Waals surface area contributed by atoms with Crippen LogP contribution in [-0.2, 0) is 19.6 Å². The molecule has 1 heterocycles. The second-order valence-corrected chi connectivity index (χ2v) is 7.96. The summed E-state index contributed by atoms with van der Waals surface area (Å²) < 4.78 is 6.02. The van der Waals surface area contributed by atoms with Crippen LogP contribution in [0.1, 0.15) is 23.4 Å². The molecule has 30 heavy (non-hydrogen) atoms. The molecule has 0 amide bonds. The Balaban J connectivity index is 1.29. The highest BCUT2D eigenvalue weighted by atomic mass is 35.5.